The molecule has 4 N–H and O–H groups in total. The molecule has 0 amide bonds. The number of nitrogens with one attached hydrogen (secondary N) is 1. The van der Waals surface area contributed by atoms with Crippen LogP contribution in [0.1, 0.15) is 18.1 Å². The molecule has 0 aliphatic heterocycles. The van der Waals surface area contributed by atoms with Gasteiger partial charge >= 0.3 is 5.97 Å². The summed E-state index contributed by atoms with van der Waals surface area (Å²) in [6, 6.07) is 6.77. The van der Waals surface area contributed by atoms with E-state index in [9.17, 15) is 15.0 Å². The first-order valence-corrected chi connectivity index (χ1v) is 4.90. The highest BCUT2D eigenvalue weighted by molar-refractivity contribution is 5.67. The molecule has 0 aromatic heterocycles. The number of carboxylic acid groups (broad SMARTS) is 1. The third kappa shape index (κ3) is 3.22. The van der Waals surface area contributed by atoms with E-state index in [4.69, 9.17) is 5.11 Å². The number of aliphatic carboxylic acids is 1. The lowest BCUT2D eigenvalue weighted by molar-refractivity contribution is -0.141. The first-order chi connectivity index (χ1) is 7.54. The third-order valence-corrected chi connectivity index (χ3v) is 2.29. The summed E-state index contributed by atoms with van der Waals surface area (Å²) in [6.45, 7) is 0. The summed E-state index contributed by atoms with van der Waals surface area (Å²) in [5, 5.41) is 30.5. The summed E-state index contributed by atoms with van der Waals surface area (Å²) in [7, 11) is 1.77. The van der Waals surface area contributed by atoms with Crippen LogP contribution in [0, 0.1) is 0 Å². The van der Waals surface area contributed by atoms with E-state index in [2.05, 4.69) is 5.32 Å². The van der Waals surface area contributed by atoms with Crippen molar-refractivity contribution in [3.63, 3.8) is 0 Å². The smallest absolute Gasteiger partial charge is 0.306 e. The average molecular weight is 225 g/mol. The molecule has 0 fully saturated rings. The molecule has 88 valence electrons. The fraction of sp³-hybridized carbons (Fsp3) is 0.364. The van der Waals surface area contributed by atoms with Crippen LogP contribution in [0.5, 0.6) is 0 Å². The molecule has 0 heterocycles. The lowest BCUT2D eigenvalue weighted by atomic mass is 10.0. The van der Waals surface area contributed by atoms with Gasteiger partial charge in [0.1, 0.15) is 6.10 Å². The fourth-order valence-corrected chi connectivity index (χ4v) is 1.36. The van der Waals surface area contributed by atoms with Gasteiger partial charge in [-0.15, -0.1) is 0 Å². The van der Waals surface area contributed by atoms with Crippen LogP contribution < -0.4 is 5.32 Å². The second kappa shape index (κ2) is 5.48. The topological polar surface area (TPSA) is 89.8 Å². The highest BCUT2D eigenvalue weighted by Crippen LogP contribution is 2.20. The number of hydrogen-bond donors (Lipinski definition) is 4. The molecule has 5 heteroatoms. The number of carbonyl (C=O) groups is 1. The number of hydrogen-bond acceptors (Lipinski definition) is 4. The van der Waals surface area contributed by atoms with Crippen LogP contribution >= 0.6 is 0 Å². The van der Waals surface area contributed by atoms with Crippen LogP contribution in [0.25, 0.3) is 0 Å². The molecule has 0 aliphatic rings. The molecule has 16 heavy (non-hydrogen) atoms. The van der Waals surface area contributed by atoms with Gasteiger partial charge in [-0.3, -0.25) is 4.79 Å². The first kappa shape index (κ1) is 12.5. The van der Waals surface area contributed by atoms with Gasteiger partial charge in [0.05, 0.1) is 12.5 Å². The molecule has 2 unspecified atom stereocenters. The lowest BCUT2D eigenvalue weighted by Gasteiger charge is -2.16. The van der Waals surface area contributed by atoms with Crippen LogP contribution in [-0.4, -0.2) is 34.4 Å². The average Bonchev–Trinajstić information content (AvgIpc) is 2.27. The lowest BCUT2D eigenvalue weighted by Crippen LogP contribution is -2.21. The zero-order chi connectivity index (χ0) is 12.1. The summed E-state index contributed by atoms with van der Waals surface area (Å²) < 4.78 is 0. The summed E-state index contributed by atoms with van der Waals surface area (Å²) in [5.74, 6) is -1.14. The van der Waals surface area contributed by atoms with Gasteiger partial charge in [-0.1, -0.05) is 12.1 Å². The highest BCUT2D eigenvalue weighted by Gasteiger charge is 2.20. The Bertz CT molecular complexity index is 350. The number of benzene rings is 1. The van der Waals surface area contributed by atoms with Crippen molar-refractivity contribution in [1.29, 1.82) is 0 Å². The highest BCUT2D eigenvalue weighted by atomic mass is 16.4. The minimum Gasteiger partial charge on any atom is -0.481 e. The molecule has 1 aromatic carbocycles. The van der Waals surface area contributed by atoms with Crippen molar-refractivity contribution in [2.24, 2.45) is 0 Å². The minimum atomic E-state index is -1.29. The molecule has 0 saturated carbocycles. The SMILES string of the molecule is CNc1ccc(C(O)C(O)CC(=O)O)cc1. The van der Waals surface area contributed by atoms with Gasteiger partial charge < -0.3 is 20.6 Å². The van der Waals surface area contributed by atoms with E-state index < -0.39 is 24.6 Å². The van der Waals surface area contributed by atoms with Gasteiger partial charge in [0.15, 0.2) is 0 Å². The van der Waals surface area contributed by atoms with Crippen molar-refractivity contribution in [1.82, 2.24) is 0 Å². The van der Waals surface area contributed by atoms with E-state index in [0.717, 1.165) is 5.69 Å². The van der Waals surface area contributed by atoms with Crippen LogP contribution in [0.4, 0.5) is 5.69 Å². The van der Waals surface area contributed by atoms with Crippen molar-refractivity contribution < 1.29 is 20.1 Å². The summed E-state index contributed by atoms with van der Waals surface area (Å²) >= 11 is 0. The van der Waals surface area contributed by atoms with Crippen LogP contribution in [0.15, 0.2) is 24.3 Å². The van der Waals surface area contributed by atoms with Gasteiger partial charge in [0.2, 0.25) is 0 Å². The fourth-order valence-electron chi connectivity index (χ4n) is 1.36. The largest absolute Gasteiger partial charge is 0.481 e. The van der Waals surface area contributed by atoms with E-state index in [1.54, 1.807) is 31.3 Å². The molecule has 0 radical (unpaired) electrons. The Morgan fingerprint density at radius 2 is 1.88 bits per heavy atom. The predicted octanol–water partition coefficient (Wildman–Crippen LogP) is 0.597. The molecule has 2 atom stereocenters. The Hall–Kier alpha value is -1.59. The van der Waals surface area contributed by atoms with Gasteiger partial charge in [-0.2, -0.15) is 0 Å². The number of aliphatic hydroxyl groups excluding tert-OH is 2. The Morgan fingerprint density at radius 3 is 2.31 bits per heavy atom. The maximum atomic E-state index is 10.4. The number of aliphatic hydroxyl groups is 2. The monoisotopic (exact) mass is 225 g/mol. The van der Waals surface area contributed by atoms with E-state index in [0.29, 0.717) is 5.56 Å². The summed E-state index contributed by atoms with van der Waals surface area (Å²) in [4.78, 5) is 10.4. The Morgan fingerprint density at radius 1 is 1.31 bits per heavy atom. The van der Waals surface area contributed by atoms with E-state index in [1.807, 2.05) is 0 Å². The predicted molar refractivity (Wildman–Crippen MR) is 59.2 cm³/mol. The number of rotatable bonds is 5. The van der Waals surface area contributed by atoms with Crippen LogP contribution in [0.2, 0.25) is 0 Å². The van der Waals surface area contributed by atoms with Crippen LogP contribution in [0.3, 0.4) is 0 Å². The molecule has 1 rings (SSSR count). The zero-order valence-corrected chi connectivity index (χ0v) is 8.92. The minimum absolute atomic E-state index is 0.477. The third-order valence-electron chi connectivity index (χ3n) is 2.29. The van der Waals surface area contributed by atoms with E-state index >= 15 is 0 Å². The van der Waals surface area contributed by atoms with Crippen molar-refractivity contribution in [2.45, 2.75) is 18.6 Å². The van der Waals surface area contributed by atoms with Crippen molar-refractivity contribution >= 4 is 11.7 Å². The van der Waals surface area contributed by atoms with E-state index in [-0.39, 0.29) is 0 Å². The zero-order valence-electron chi connectivity index (χ0n) is 8.92. The van der Waals surface area contributed by atoms with Crippen molar-refractivity contribution in [2.75, 3.05) is 12.4 Å². The first-order valence-electron chi connectivity index (χ1n) is 4.90. The molecule has 5 nitrogen and oxygen atoms in total. The molecule has 0 bridgehead atoms. The molecule has 1 aromatic rings. The molecule has 0 saturated heterocycles. The van der Waals surface area contributed by atoms with Gasteiger partial charge in [0.25, 0.3) is 0 Å². The van der Waals surface area contributed by atoms with Crippen molar-refractivity contribution in [3.05, 3.63) is 29.8 Å². The van der Waals surface area contributed by atoms with Crippen LogP contribution in [-0.2, 0) is 4.79 Å². The molecule has 0 spiro atoms. The molecular formula is C11H15NO4. The van der Waals surface area contributed by atoms with Gasteiger partial charge in [-0.25, -0.2) is 0 Å². The van der Waals surface area contributed by atoms with E-state index in [1.165, 1.54) is 0 Å². The normalized spacial score (nSPS) is 14.2. The number of anilines is 1. The van der Waals surface area contributed by atoms with Gasteiger partial charge in [-0.05, 0) is 17.7 Å². The maximum absolute atomic E-state index is 10.4. The standard InChI is InChI=1S/C11H15NO4/c1-12-8-4-2-7(3-5-8)11(16)9(13)6-10(14)15/h2-5,9,11-13,16H,6H2,1H3,(H,14,15). The number of carboxylic acids is 1. The Kier molecular flexibility index (Phi) is 4.28. The molecule has 0 aliphatic carbocycles. The summed E-state index contributed by atoms with van der Waals surface area (Å²) in [5.41, 5.74) is 1.37. The molecular weight excluding hydrogens is 210 g/mol. The second-order valence-electron chi connectivity index (χ2n) is 3.48. The maximum Gasteiger partial charge on any atom is 0.306 e. The van der Waals surface area contributed by atoms with Crippen molar-refractivity contribution in [3.8, 4) is 0 Å². The Labute approximate surface area is 93.4 Å². The Balaban J connectivity index is 2.71. The second-order valence-corrected chi connectivity index (χ2v) is 3.48. The van der Waals surface area contributed by atoms with Gasteiger partial charge in [0, 0.05) is 12.7 Å². The summed E-state index contributed by atoms with van der Waals surface area (Å²) in [6.07, 6.45) is -2.95. The quantitative estimate of drug-likeness (QED) is 0.589.